The van der Waals surface area contributed by atoms with Gasteiger partial charge in [-0.1, -0.05) is 13.5 Å². The largest absolute Gasteiger partial charge is 0.359 e. The molecule has 0 saturated heterocycles. The van der Waals surface area contributed by atoms with Gasteiger partial charge in [0.15, 0.2) is 0 Å². The fourth-order valence-electron chi connectivity index (χ4n) is 1.06. The molecule has 0 aliphatic carbocycles. The monoisotopic (exact) mass is 224 g/mol. The summed E-state index contributed by atoms with van der Waals surface area (Å²) in [5, 5.41) is 8.53. The lowest BCUT2D eigenvalue weighted by atomic mass is 10.3. The Kier molecular flexibility index (Phi) is 3.55. The van der Waals surface area contributed by atoms with Crippen molar-refractivity contribution in [2.45, 2.75) is 18.2 Å². The number of anilines is 1. The molecule has 0 aromatic heterocycles. The third kappa shape index (κ3) is 3.42. The maximum atomic E-state index is 11.4. The van der Waals surface area contributed by atoms with E-state index in [-0.39, 0.29) is 0 Å². The second-order valence-electron chi connectivity index (χ2n) is 3.33. The molecule has 0 spiro atoms. The fourth-order valence-corrected chi connectivity index (χ4v) is 1.66. The van der Waals surface area contributed by atoms with Crippen molar-refractivity contribution in [1.82, 2.24) is 0 Å². The number of hydrogen-bond donors (Lipinski definition) is 2. The van der Waals surface area contributed by atoms with Crippen LogP contribution in [-0.2, 0) is 9.71 Å². The molecule has 0 aliphatic heterocycles. The summed E-state index contributed by atoms with van der Waals surface area (Å²) >= 11 is 0. The Balaban J connectivity index is 2.86. The Morgan fingerprint density at radius 1 is 1.47 bits per heavy atom. The van der Waals surface area contributed by atoms with Crippen molar-refractivity contribution >= 4 is 21.3 Å². The maximum Gasteiger partial charge on any atom is 0.0507 e. The average Bonchev–Trinajstić information content (AvgIpc) is 2.17. The molecule has 0 bridgehead atoms. The molecule has 1 aromatic rings. The van der Waals surface area contributed by atoms with Crippen LogP contribution in [0.25, 0.3) is 0 Å². The molecule has 1 unspecified atom stereocenters. The molecule has 0 radical (unpaired) electrons. The van der Waals surface area contributed by atoms with E-state index < -0.39 is 9.71 Å². The van der Waals surface area contributed by atoms with Gasteiger partial charge in [-0.2, -0.15) is 0 Å². The SMILES string of the molecule is C=C(CC)Nc1ccc(S(=C)(N)=O)cc1. The average molecular weight is 224 g/mol. The van der Waals surface area contributed by atoms with E-state index >= 15 is 0 Å². The van der Waals surface area contributed by atoms with Gasteiger partial charge in [0.1, 0.15) is 0 Å². The first-order valence-corrected chi connectivity index (χ1v) is 6.42. The molecule has 15 heavy (non-hydrogen) atoms. The van der Waals surface area contributed by atoms with E-state index in [2.05, 4.69) is 17.8 Å². The van der Waals surface area contributed by atoms with Gasteiger partial charge in [-0.05, 0) is 36.6 Å². The Bertz CT molecular complexity index is 446. The zero-order chi connectivity index (χ0) is 11.5. The summed E-state index contributed by atoms with van der Waals surface area (Å²) in [5.74, 6) is 3.42. The predicted molar refractivity (Wildman–Crippen MR) is 67.2 cm³/mol. The topological polar surface area (TPSA) is 55.1 Å². The van der Waals surface area contributed by atoms with Crippen molar-refractivity contribution in [3.63, 3.8) is 0 Å². The van der Waals surface area contributed by atoms with Crippen LogP contribution in [0.2, 0.25) is 0 Å². The zero-order valence-corrected chi connectivity index (χ0v) is 9.64. The van der Waals surface area contributed by atoms with Gasteiger partial charge in [-0.3, -0.25) is 5.14 Å². The van der Waals surface area contributed by atoms with Gasteiger partial charge in [0.05, 0.1) is 9.71 Å². The van der Waals surface area contributed by atoms with Crippen LogP contribution in [0.15, 0.2) is 41.4 Å². The number of benzene rings is 1. The van der Waals surface area contributed by atoms with Gasteiger partial charge in [0, 0.05) is 16.3 Å². The van der Waals surface area contributed by atoms with Crippen molar-refractivity contribution in [2.24, 2.45) is 5.14 Å². The molecule has 0 aliphatic rings. The van der Waals surface area contributed by atoms with Crippen LogP contribution in [0.1, 0.15) is 13.3 Å². The predicted octanol–water partition coefficient (Wildman–Crippen LogP) is 1.97. The second-order valence-corrected chi connectivity index (χ2v) is 5.26. The van der Waals surface area contributed by atoms with Crippen molar-refractivity contribution in [3.05, 3.63) is 36.5 Å². The van der Waals surface area contributed by atoms with E-state index in [9.17, 15) is 4.21 Å². The highest BCUT2D eigenvalue weighted by atomic mass is 32.2. The summed E-state index contributed by atoms with van der Waals surface area (Å²) in [4.78, 5) is 0.551. The van der Waals surface area contributed by atoms with E-state index in [1.54, 1.807) is 12.1 Å². The molecule has 0 saturated carbocycles. The first kappa shape index (κ1) is 11.8. The summed E-state index contributed by atoms with van der Waals surface area (Å²) < 4.78 is 11.4. The fraction of sp³-hybridized carbons (Fsp3) is 0.182. The summed E-state index contributed by atoms with van der Waals surface area (Å²) in [6, 6.07) is 7.04. The lowest BCUT2D eigenvalue weighted by Crippen LogP contribution is -2.11. The van der Waals surface area contributed by atoms with Crippen molar-refractivity contribution in [1.29, 1.82) is 0 Å². The van der Waals surface area contributed by atoms with Crippen molar-refractivity contribution in [3.8, 4) is 0 Å². The molecular formula is C11H16N2OS. The molecule has 0 heterocycles. The first-order chi connectivity index (χ1) is 6.93. The number of hydrogen-bond acceptors (Lipinski definition) is 2. The van der Waals surface area contributed by atoms with Crippen LogP contribution in [0, 0.1) is 0 Å². The van der Waals surface area contributed by atoms with Gasteiger partial charge < -0.3 is 5.32 Å². The van der Waals surface area contributed by atoms with Crippen LogP contribution in [-0.4, -0.2) is 10.1 Å². The second kappa shape index (κ2) is 4.51. The van der Waals surface area contributed by atoms with E-state index in [1.165, 1.54) is 0 Å². The third-order valence-electron chi connectivity index (χ3n) is 2.00. The molecule has 3 N–H and O–H groups in total. The van der Waals surface area contributed by atoms with Crippen LogP contribution < -0.4 is 10.5 Å². The molecule has 0 fully saturated rings. The van der Waals surface area contributed by atoms with Gasteiger partial charge >= 0.3 is 0 Å². The highest BCUT2D eigenvalue weighted by Gasteiger charge is 2.00. The van der Waals surface area contributed by atoms with E-state index in [1.807, 2.05) is 19.1 Å². The van der Waals surface area contributed by atoms with Gasteiger partial charge in [-0.15, -0.1) is 0 Å². The van der Waals surface area contributed by atoms with Gasteiger partial charge in [-0.25, -0.2) is 4.21 Å². The Morgan fingerprint density at radius 2 is 2.00 bits per heavy atom. The number of rotatable bonds is 4. The van der Waals surface area contributed by atoms with Crippen LogP contribution in [0.3, 0.4) is 0 Å². The van der Waals surface area contributed by atoms with E-state index in [0.717, 1.165) is 17.8 Å². The number of nitrogens with two attached hydrogens (primary N) is 1. The van der Waals surface area contributed by atoms with Crippen LogP contribution in [0.4, 0.5) is 5.69 Å². The lowest BCUT2D eigenvalue weighted by molar-refractivity contribution is 0.682. The molecule has 1 rings (SSSR count). The summed E-state index contributed by atoms with van der Waals surface area (Å²) in [5.41, 5.74) is 1.85. The minimum Gasteiger partial charge on any atom is -0.359 e. The normalized spacial score (nSPS) is 14.3. The number of nitrogens with one attached hydrogen (secondary N) is 1. The van der Waals surface area contributed by atoms with Crippen molar-refractivity contribution in [2.75, 3.05) is 5.32 Å². The molecule has 1 atom stereocenters. The van der Waals surface area contributed by atoms with E-state index in [4.69, 9.17) is 5.14 Å². The highest BCUT2D eigenvalue weighted by molar-refractivity contribution is 7.98. The van der Waals surface area contributed by atoms with Crippen LogP contribution in [0.5, 0.6) is 0 Å². The molecule has 1 aromatic carbocycles. The molecule has 0 amide bonds. The molecular weight excluding hydrogens is 208 g/mol. The molecule has 3 nitrogen and oxygen atoms in total. The van der Waals surface area contributed by atoms with Gasteiger partial charge in [0.2, 0.25) is 0 Å². The summed E-state index contributed by atoms with van der Waals surface area (Å²) in [6.45, 7) is 5.86. The molecule has 82 valence electrons. The molecule has 4 heteroatoms. The Morgan fingerprint density at radius 3 is 2.40 bits per heavy atom. The lowest BCUT2D eigenvalue weighted by Gasteiger charge is -2.08. The third-order valence-corrected chi connectivity index (χ3v) is 3.07. The number of allylic oxidation sites excluding steroid dienone is 1. The Hall–Kier alpha value is -1.26. The maximum absolute atomic E-state index is 11.4. The minimum absolute atomic E-state index is 0.551. The van der Waals surface area contributed by atoms with E-state index in [0.29, 0.717) is 4.90 Å². The first-order valence-electron chi connectivity index (χ1n) is 4.63. The standard InChI is InChI=1S/C11H16N2OS/c1-4-9(2)13-10-5-7-11(8-6-10)15(3,12)14/h5-8,13H,2-4H2,1H3,(H2,12,14). The smallest absolute Gasteiger partial charge is 0.0507 e. The minimum atomic E-state index is -2.60. The highest BCUT2D eigenvalue weighted by Crippen LogP contribution is 2.14. The zero-order valence-electron chi connectivity index (χ0n) is 8.82. The summed E-state index contributed by atoms with van der Waals surface area (Å²) in [7, 11) is -2.60. The van der Waals surface area contributed by atoms with Crippen molar-refractivity contribution < 1.29 is 4.21 Å². The van der Waals surface area contributed by atoms with Crippen LogP contribution >= 0.6 is 0 Å². The quantitative estimate of drug-likeness (QED) is 0.768. The van der Waals surface area contributed by atoms with Gasteiger partial charge in [0.25, 0.3) is 0 Å². The summed E-state index contributed by atoms with van der Waals surface area (Å²) in [6.07, 6.45) is 0.866. The Labute approximate surface area is 91.1 Å².